The van der Waals surface area contributed by atoms with Gasteiger partial charge in [0.05, 0.1) is 12.0 Å². The maximum Gasteiger partial charge on any atom is 0.315 e. The fourth-order valence-electron chi connectivity index (χ4n) is 2.11. The van der Waals surface area contributed by atoms with Gasteiger partial charge in [-0.25, -0.2) is 0 Å². The summed E-state index contributed by atoms with van der Waals surface area (Å²) in [5.74, 6) is -0.962. The van der Waals surface area contributed by atoms with Crippen LogP contribution < -0.4 is 0 Å². The lowest BCUT2D eigenvalue weighted by atomic mass is 10.0. The molecule has 0 spiro atoms. The molecule has 1 aromatic heterocycles. The quantitative estimate of drug-likeness (QED) is 0.868. The summed E-state index contributed by atoms with van der Waals surface area (Å²) in [5.41, 5.74) is 0.934. The molecule has 1 fully saturated rings. The van der Waals surface area contributed by atoms with Gasteiger partial charge in [-0.15, -0.1) is 0 Å². The van der Waals surface area contributed by atoms with E-state index in [1.54, 1.807) is 29.2 Å². The van der Waals surface area contributed by atoms with Crippen molar-refractivity contribution in [1.29, 1.82) is 5.26 Å². The number of hydrogen-bond acceptors (Lipinski definition) is 5. The van der Waals surface area contributed by atoms with E-state index in [-0.39, 0.29) is 17.6 Å². The van der Waals surface area contributed by atoms with E-state index >= 15 is 0 Å². The Morgan fingerprint density at radius 1 is 1.36 bits per heavy atom. The summed E-state index contributed by atoms with van der Waals surface area (Å²) in [4.78, 5) is 17.3. The Hall–Kier alpha value is -2.82. The van der Waals surface area contributed by atoms with Crippen LogP contribution in [-0.2, 0) is 0 Å². The van der Waals surface area contributed by atoms with Gasteiger partial charge in [0.1, 0.15) is 0 Å². The third-order valence-electron chi connectivity index (χ3n) is 3.37. The number of likely N-dealkylation sites (tertiary alicyclic amines) is 1. The second kappa shape index (κ2) is 5.52. The number of carbonyl (C=O) groups excluding carboxylic acids is 1. The van der Waals surface area contributed by atoms with Crippen LogP contribution in [0.15, 0.2) is 28.8 Å². The number of hydrogen-bond donors (Lipinski definition) is 0. The first kappa shape index (κ1) is 14.1. The van der Waals surface area contributed by atoms with Crippen molar-refractivity contribution in [2.24, 2.45) is 5.92 Å². The van der Waals surface area contributed by atoms with Crippen LogP contribution in [0.5, 0.6) is 0 Å². The Bertz CT molecular complexity index is 730. The average molecular weight is 304 g/mol. The molecule has 1 amide bonds. The van der Waals surface area contributed by atoms with Gasteiger partial charge in [-0.2, -0.15) is 19.0 Å². The maximum absolute atomic E-state index is 12.4. The van der Waals surface area contributed by atoms with Gasteiger partial charge in [0.25, 0.3) is 11.8 Å². The number of nitriles is 1. The van der Waals surface area contributed by atoms with Gasteiger partial charge in [-0.1, -0.05) is 17.3 Å². The van der Waals surface area contributed by atoms with Crippen LogP contribution in [0.4, 0.5) is 8.78 Å². The summed E-state index contributed by atoms with van der Waals surface area (Å²) >= 11 is 0. The van der Waals surface area contributed by atoms with Crippen molar-refractivity contribution in [3.05, 3.63) is 35.7 Å². The molecule has 0 N–H and O–H groups in total. The third-order valence-corrected chi connectivity index (χ3v) is 3.37. The zero-order chi connectivity index (χ0) is 15.7. The molecular formula is C14H10F2N4O2. The lowest BCUT2D eigenvalue weighted by Crippen LogP contribution is -2.49. The van der Waals surface area contributed by atoms with E-state index in [0.717, 1.165) is 0 Å². The van der Waals surface area contributed by atoms with Crippen LogP contribution in [0.3, 0.4) is 0 Å². The molecule has 0 saturated carbocycles. The number of alkyl halides is 2. The highest BCUT2D eigenvalue weighted by Gasteiger charge is 2.31. The van der Waals surface area contributed by atoms with Gasteiger partial charge in [0, 0.05) is 24.2 Å². The Labute approximate surface area is 124 Å². The van der Waals surface area contributed by atoms with Crippen molar-refractivity contribution >= 4 is 5.91 Å². The van der Waals surface area contributed by atoms with Crippen LogP contribution in [0.2, 0.25) is 0 Å². The molecule has 112 valence electrons. The minimum atomic E-state index is -2.82. The molecule has 0 radical (unpaired) electrons. The molecule has 2 aromatic rings. The minimum Gasteiger partial charge on any atom is -0.336 e. The average Bonchev–Trinajstić information content (AvgIpc) is 2.96. The molecule has 2 heterocycles. The van der Waals surface area contributed by atoms with Crippen molar-refractivity contribution in [3.63, 3.8) is 0 Å². The molecule has 0 atom stereocenters. The summed E-state index contributed by atoms with van der Waals surface area (Å²) < 4.78 is 29.2. The molecule has 1 aromatic carbocycles. The molecule has 1 aliphatic heterocycles. The SMILES string of the molecule is N#CC1CN(C(=O)c2ccc(-c3noc(C(F)F)n3)cc2)C1. The van der Waals surface area contributed by atoms with Gasteiger partial charge in [0.2, 0.25) is 5.82 Å². The Kier molecular flexibility index (Phi) is 3.55. The van der Waals surface area contributed by atoms with Gasteiger partial charge in [-0.3, -0.25) is 4.79 Å². The van der Waals surface area contributed by atoms with Gasteiger partial charge in [-0.05, 0) is 12.1 Å². The van der Waals surface area contributed by atoms with Gasteiger partial charge < -0.3 is 9.42 Å². The zero-order valence-corrected chi connectivity index (χ0v) is 11.2. The van der Waals surface area contributed by atoms with Crippen molar-refractivity contribution in [1.82, 2.24) is 15.0 Å². The van der Waals surface area contributed by atoms with E-state index in [9.17, 15) is 13.6 Å². The molecule has 0 bridgehead atoms. The second-order valence-corrected chi connectivity index (χ2v) is 4.87. The predicted molar refractivity (Wildman–Crippen MR) is 69.7 cm³/mol. The number of halogens is 2. The molecule has 6 nitrogen and oxygen atoms in total. The smallest absolute Gasteiger partial charge is 0.315 e. The largest absolute Gasteiger partial charge is 0.336 e. The first-order valence-corrected chi connectivity index (χ1v) is 6.49. The molecule has 1 saturated heterocycles. The second-order valence-electron chi connectivity index (χ2n) is 4.87. The zero-order valence-electron chi connectivity index (χ0n) is 11.2. The highest BCUT2D eigenvalue weighted by atomic mass is 19.3. The maximum atomic E-state index is 12.4. The van der Waals surface area contributed by atoms with Crippen molar-refractivity contribution < 1.29 is 18.1 Å². The van der Waals surface area contributed by atoms with E-state index in [4.69, 9.17) is 5.26 Å². The number of carbonyl (C=O) groups is 1. The van der Waals surface area contributed by atoms with E-state index in [1.807, 2.05) is 0 Å². The first-order chi connectivity index (χ1) is 10.6. The summed E-state index contributed by atoms with van der Waals surface area (Å²) in [6.07, 6.45) is -2.82. The minimum absolute atomic E-state index is 0.0443. The highest BCUT2D eigenvalue weighted by Crippen LogP contribution is 2.23. The Morgan fingerprint density at radius 3 is 2.59 bits per heavy atom. The summed E-state index contributed by atoms with van der Waals surface area (Å²) in [5, 5.41) is 12.2. The lowest BCUT2D eigenvalue weighted by Gasteiger charge is -2.35. The van der Waals surface area contributed by atoms with Crippen molar-refractivity contribution in [2.75, 3.05) is 13.1 Å². The van der Waals surface area contributed by atoms with E-state index in [0.29, 0.717) is 24.2 Å². The molecule has 0 aliphatic carbocycles. The molecular weight excluding hydrogens is 294 g/mol. The third kappa shape index (κ3) is 2.53. The molecule has 22 heavy (non-hydrogen) atoms. The summed E-state index contributed by atoms with van der Waals surface area (Å²) in [6.45, 7) is 0.860. The van der Waals surface area contributed by atoms with E-state index in [2.05, 4.69) is 20.7 Å². The number of nitrogens with zero attached hydrogens (tertiary/aromatic N) is 4. The standard InChI is InChI=1S/C14H10F2N4O2/c15-11(16)13-18-12(19-22-13)9-1-3-10(4-2-9)14(21)20-6-8(5-17)7-20/h1-4,8,11H,6-7H2. The summed E-state index contributed by atoms with van der Waals surface area (Å²) in [6, 6.07) is 8.36. The van der Waals surface area contributed by atoms with Crippen LogP contribution in [0, 0.1) is 17.2 Å². The number of aromatic nitrogens is 2. The first-order valence-electron chi connectivity index (χ1n) is 6.49. The molecule has 3 rings (SSSR count). The molecule has 8 heteroatoms. The number of benzene rings is 1. The number of rotatable bonds is 3. The van der Waals surface area contributed by atoms with Crippen LogP contribution in [0.25, 0.3) is 11.4 Å². The van der Waals surface area contributed by atoms with Crippen LogP contribution in [-0.4, -0.2) is 34.0 Å². The van der Waals surface area contributed by atoms with Crippen molar-refractivity contribution in [2.45, 2.75) is 6.43 Å². The number of amides is 1. The Balaban J connectivity index is 1.72. The van der Waals surface area contributed by atoms with E-state index in [1.165, 1.54) is 0 Å². The fraction of sp³-hybridized carbons (Fsp3) is 0.286. The molecule has 1 aliphatic rings. The topological polar surface area (TPSA) is 83.0 Å². The van der Waals surface area contributed by atoms with E-state index < -0.39 is 12.3 Å². The fourth-order valence-corrected chi connectivity index (χ4v) is 2.11. The Morgan fingerprint density at radius 2 is 2.05 bits per heavy atom. The predicted octanol–water partition coefficient (Wildman–Crippen LogP) is 2.27. The van der Waals surface area contributed by atoms with Gasteiger partial charge in [0.15, 0.2) is 0 Å². The monoisotopic (exact) mass is 304 g/mol. The van der Waals surface area contributed by atoms with Crippen molar-refractivity contribution in [3.8, 4) is 17.5 Å². The highest BCUT2D eigenvalue weighted by molar-refractivity contribution is 5.95. The normalized spacial score (nSPS) is 14.7. The van der Waals surface area contributed by atoms with Gasteiger partial charge >= 0.3 is 6.43 Å². The summed E-state index contributed by atoms with van der Waals surface area (Å²) in [7, 11) is 0. The van der Waals surface area contributed by atoms with Crippen LogP contribution in [0.1, 0.15) is 22.7 Å². The van der Waals surface area contributed by atoms with Crippen LogP contribution >= 0.6 is 0 Å². The lowest BCUT2D eigenvalue weighted by molar-refractivity contribution is 0.0577. The molecule has 0 unspecified atom stereocenters.